The van der Waals surface area contributed by atoms with Crippen molar-refractivity contribution < 1.29 is 13.2 Å². The van der Waals surface area contributed by atoms with Gasteiger partial charge in [-0.05, 0) is 65.8 Å². The molecular formula is C22H30N2O3S. The third-order valence-corrected chi connectivity index (χ3v) is 5.74. The standard InChI is InChI=1S/C22H30N2O3S/c1-6-7-14-27-20-12-9-18(10-13-20)16-23-24-28(25,26)21-15-19(22(3,4)5)11-8-17(21)2/h8-13,15-16,24H,6-7,14H2,1-5H3/b23-16+. The Balaban J connectivity index is 2.09. The highest BCUT2D eigenvalue weighted by Crippen LogP contribution is 2.26. The zero-order chi connectivity index (χ0) is 20.8. The molecule has 0 unspecified atom stereocenters. The lowest BCUT2D eigenvalue weighted by molar-refractivity contribution is 0.309. The number of nitrogens with zero attached hydrogens (tertiary/aromatic N) is 1. The van der Waals surface area contributed by atoms with Gasteiger partial charge in [0.2, 0.25) is 0 Å². The first kappa shape index (κ1) is 22.0. The van der Waals surface area contributed by atoms with Crippen molar-refractivity contribution in [1.29, 1.82) is 0 Å². The van der Waals surface area contributed by atoms with Crippen LogP contribution in [0.2, 0.25) is 0 Å². The minimum atomic E-state index is -3.74. The molecule has 28 heavy (non-hydrogen) atoms. The monoisotopic (exact) mass is 402 g/mol. The van der Waals surface area contributed by atoms with Crippen molar-refractivity contribution in [1.82, 2.24) is 4.83 Å². The second kappa shape index (κ2) is 9.24. The molecule has 1 N–H and O–H groups in total. The Labute approximate surface area is 168 Å². The summed E-state index contributed by atoms with van der Waals surface area (Å²) < 4.78 is 31.0. The minimum Gasteiger partial charge on any atom is -0.494 e. The van der Waals surface area contributed by atoms with Crippen LogP contribution in [0.25, 0.3) is 0 Å². The molecule has 0 radical (unpaired) electrons. The fourth-order valence-corrected chi connectivity index (χ4v) is 3.62. The Morgan fingerprint density at radius 2 is 1.79 bits per heavy atom. The SMILES string of the molecule is CCCCOc1ccc(/C=N/NS(=O)(=O)c2cc(C(C)(C)C)ccc2C)cc1. The van der Waals surface area contributed by atoms with Crippen LogP contribution in [0.5, 0.6) is 5.75 Å². The molecule has 0 saturated carbocycles. The molecule has 0 heterocycles. The zero-order valence-corrected chi connectivity index (χ0v) is 18.1. The molecule has 152 valence electrons. The van der Waals surface area contributed by atoms with E-state index in [1.54, 1.807) is 13.0 Å². The van der Waals surface area contributed by atoms with E-state index >= 15 is 0 Å². The second-order valence-electron chi connectivity index (χ2n) is 7.85. The van der Waals surface area contributed by atoms with Crippen LogP contribution in [0.4, 0.5) is 0 Å². The van der Waals surface area contributed by atoms with Gasteiger partial charge in [0, 0.05) is 0 Å². The molecule has 6 heteroatoms. The summed E-state index contributed by atoms with van der Waals surface area (Å²) in [5, 5.41) is 3.92. The summed E-state index contributed by atoms with van der Waals surface area (Å²) in [6, 6.07) is 12.9. The van der Waals surface area contributed by atoms with Gasteiger partial charge in [0.1, 0.15) is 5.75 Å². The molecule has 0 aromatic heterocycles. The fourth-order valence-electron chi connectivity index (χ4n) is 2.56. The lowest BCUT2D eigenvalue weighted by atomic mass is 9.87. The highest BCUT2D eigenvalue weighted by atomic mass is 32.2. The average molecular weight is 403 g/mol. The number of hydrogen-bond acceptors (Lipinski definition) is 4. The lowest BCUT2D eigenvalue weighted by Gasteiger charge is -2.20. The van der Waals surface area contributed by atoms with E-state index in [2.05, 4.69) is 37.6 Å². The summed E-state index contributed by atoms with van der Waals surface area (Å²) in [5.41, 5.74) is 2.29. The number of benzene rings is 2. The Morgan fingerprint density at radius 1 is 1.11 bits per heavy atom. The van der Waals surface area contributed by atoms with Crippen molar-refractivity contribution in [3.8, 4) is 5.75 Å². The van der Waals surface area contributed by atoms with Crippen molar-refractivity contribution in [2.24, 2.45) is 5.10 Å². The first-order valence-corrected chi connectivity index (χ1v) is 11.0. The van der Waals surface area contributed by atoms with Gasteiger partial charge in [-0.25, -0.2) is 4.83 Å². The van der Waals surface area contributed by atoms with Gasteiger partial charge in [-0.15, -0.1) is 0 Å². The molecule has 0 fully saturated rings. The van der Waals surface area contributed by atoms with Crippen LogP contribution in [-0.2, 0) is 15.4 Å². The number of sulfonamides is 1. The number of aryl methyl sites for hydroxylation is 1. The summed E-state index contributed by atoms with van der Waals surface area (Å²) in [5.74, 6) is 0.792. The third-order valence-electron chi connectivity index (χ3n) is 4.38. The van der Waals surface area contributed by atoms with Gasteiger partial charge in [0.15, 0.2) is 0 Å². The van der Waals surface area contributed by atoms with Crippen LogP contribution in [0.1, 0.15) is 57.2 Å². The first-order chi connectivity index (χ1) is 13.1. The van der Waals surface area contributed by atoms with E-state index in [0.717, 1.165) is 29.7 Å². The quantitative estimate of drug-likeness (QED) is 0.392. The highest BCUT2D eigenvalue weighted by molar-refractivity contribution is 7.89. The number of unbranched alkanes of at least 4 members (excludes halogenated alkanes) is 1. The Bertz CT molecular complexity index is 912. The maximum Gasteiger partial charge on any atom is 0.276 e. The van der Waals surface area contributed by atoms with Crippen LogP contribution >= 0.6 is 0 Å². The Hall–Kier alpha value is -2.34. The molecular weight excluding hydrogens is 372 g/mol. The Morgan fingerprint density at radius 3 is 2.39 bits per heavy atom. The molecule has 0 amide bonds. The molecule has 0 saturated heterocycles. The summed E-state index contributed by atoms with van der Waals surface area (Å²) in [7, 11) is -3.74. The molecule has 0 aliphatic rings. The van der Waals surface area contributed by atoms with Gasteiger partial charge in [-0.2, -0.15) is 13.5 Å². The van der Waals surface area contributed by atoms with Crippen LogP contribution in [0, 0.1) is 6.92 Å². The van der Waals surface area contributed by atoms with Crippen molar-refractivity contribution in [2.45, 2.75) is 57.8 Å². The molecule has 0 spiro atoms. The first-order valence-electron chi connectivity index (χ1n) is 9.52. The van der Waals surface area contributed by atoms with E-state index in [1.807, 2.05) is 36.4 Å². The van der Waals surface area contributed by atoms with E-state index in [1.165, 1.54) is 6.21 Å². The largest absolute Gasteiger partial charge is 0.494 e. The van der Waals surface area contributed by atoms with Gasteiger partial charge < -0.3 is 4.74 Å². The van der Waals surface area contributed by atoms with Gasteiger partial charge in [0.25, 0.3) is 10.0 Å². The number of hydrazone groups is 1. The van der Waals surface area contributed by atoms with Gasteiger partial charge in [0.05, 0.1) is 17.7 Å². The maximum atomic E-state index is 12.7. The van der Waals surface area contributed by atoms with Gasteiger partial charge in [-0.1, -0.05) is 46.2 Å². The highest BCUT2D eigenvalue weighted by Gasteiger charge is 2.21. The summed E-state index contributed by atoms with van der Waals surface area (Å²) in [6.45, 7) is 10.7. The summed E-state index contributed by atoms with van der Waals surface area (Å²) >= 11 is 0. The van der Waals surface area contributed by atoms with Crippen LogP contribution < -0.4 is 9.57 Å². The molecule has 0 aliphatic carbocycles. The lowest BCUT2D eigenvalue weighted by Crippen LogP contribution is -2.21. The third kappa shape index (κ3) is 6.09. The molecule has 2 aromatic rings. The van der Waals surface area contributed by atoms with Gasteiger partial charge >= 0.3 is 0 Å². The number of ether oxygens (including phenoxy) is 1. The fraction of sp³-hybridized carbons (Fsp3) is 0.409. The smallest absolute Gasteiger partial charge is 0.276 e. The van der Waals surface area contributed by atoms with Crippen molar-refractivity contribution in [3.63, 3.8) is 0 Å². The summed E-state index contributed by atoms with van der Waals surface area (Å²) in [6.07, 6.45) is 3.58. The molecule has 2 aromatic carbocycles. The van der Waals surface area contributed by atoms with E-state index in [-0.39, 0.29) is 10.3 Å². The zero-order valence-electron chi connectivity index (χ0n) is 17.3. The average Bonchev–Trinajstić information content (AvgIpc) is 2.62. The van der Waals surface area contributed by atoms with Crippen molar-refractivity contribution >= 4 is 16.2 Å². The van der Waals surface area contributed by atoms with Gasteiger partial charge in [-0.3, -0.25) is 0 Å². The topological polar surface area (TPSA) is 67.8 Å². The predicted octanol–water partition coefficient (Wildman–Crippen LogP) is 4.78. The maximum absolute atomic E-state index is 12.7. The van der Waals surface area contributed by atoms with Crippen LogP contribution in [0.15, 0.2) is 52.5 Å². The number of hydrogen-bond donors (Lipinski definition) is 1. The molecule has 0 atom stereocenters. The predicted molar refractivity (Wildman–Crippen MR) is 115 cm³/mol. The van der Waals surface area contributed by atoms with Crippen molar-refractivity contribution in [3.05, 3.63) is 59.2 Å². The van der Waals surface area contributed by atoms with E-state index in [9.17, 15) is 8.42 Å². The van der Waals surface area contributed by atoms with E-state index in [0.29, 0.717) is 12.2 Å². The Kier molecular flexibility index (Phi) is 7.24. The van der Waals surface area contributed by atoms with Crippen LogP contribution in [-0.4, -0.2) is 21.2 Å². The molecule has 5 nitrogen and oxygen atoms in total. The normalized spacial score (nSPS) is 12.3. The molecule has 0 bridgehead atoms. The van der Waals surface area contributed by atoms with Crippen LogP contribution in [0.3, 0.4) is 0 Å². The number of nitrogens with one attached hydrogen (secondary N) is 1. The van der Waals surface area contributed by atoms with E-state index in [4.69, 9.17) is 4.74 Å². The van der Waals surface area contributed by atoms with E-state index < -0.39 is 10.0 Å². The second-order valence-corrected chi connectivity index (χ2v) is 9.48. The molecule has 0 aliphatic heterocycles. The van der Waals surface area contributed by atoms with Crippen molar-refractivity contribution in [2.75, 3.05) is 6.61 Å². The number of rotatable bonds is 8. The minimum absolute atomic E-state index is 0.137. The molecule has 2 rings (SSSR count). The summed E-state index contributed by atoms with van der Waals surface area (Å²) in [4.78, 5) is 2.56.